The largest absolute Gasteiger partial charge is 0.216 e. The standard InChI is InChI=1S/C12H9BrN4/c13-9-2-1-3-10(6-9)17-12(8-4-5-8)11(7-14)15-16-17/h1-3,6,8H,4-5H2. The minimum Gasteiger partial charge on any atom is -0.216 e. The molecule has 1 aliphatic carbocycles. The summed E-state index contributed by atoms with van der Waals surface area (Å²) in [4.78, 5) is 0. The SMILES string of the molecule is N#Cc1nnn(-c2cccc(Br)c2)c1C1CC1. The molecule has 0 radical (unpaired) electrons. The predicted octanol–water partition coefficient (Wildman–Crippen LogP) is 2.78. The molecule has 3 rings (SSSR count). The van der Waals surface area contributed by atoms with Crippen molar-refractivity contribution in [1.29, 1.82) is 5.26 Å². The summed E-state index contributed by atoms with van der Waals surface area (Å²) in [6, 6.07) is 9.96. The Kier molecular flexibility index (Phi) is 2.45. The van der Waals surface area contributed by atoms with E-state index in [2.05, 4.69) is 32.3 Å². The first-order valence-corrected chi connectivity index (χ1v) is 6.20. The topological polar surface area (TPSA) is 54.5 Å². The molecule has 5 heteroatoms. The first-order valence-electron chi connectivity index (χ1n) is 5.41. The van der Waals surface area contributed by atoms with E-state index in [1.807, 2.05) is 24.3 Å². The molecule has 1 aromatic heterocycles. The maximum absolute atomic E-state index is 9.03. The van der Waals surface area contributed by atoms with Gasteiger partial charge in [0.25, 0.3) is 0 Å². The van der Waals surface area contributed by atoms with Gasteiger partial charge in [-0.1, -0.05) is 27.2 Å². The summed E-state index contributed by atoms with van der Waals surface area (Å²) >= 11 is 3.43. The number of hydrogen-bond donors (Lipinski definition) is 0. The molecule has 0 bridgehead atoms. The lowest BCUT2D eigenvalue weighted by atomic mass is 10.2. The molecule has 0 saturated heterocycles. The van der Waals surface area contributed by atoms with Crippen molar-refractivity contribution in [2.75, 3.05) is 0 Å². The van der Waals surface area contributed by atoms with Crippen LogP contribution < -0.4 is 0 Å². The Morgan fingerprint density at radius 2 is 2.24 bits per heavy atom. The van der Waals surface area contributed by atoms with E-state index in [0.717, 1.165) is 28.7 Å². The van der Waals surface area contributed by atoms with E-state index in [-0.39, 0.29) is 0 Å². The predicted molar refractivity (Wildman–Crippen MR) is 65.7 cm³/mol. The molecule has 0 amide bonds. The maximum atomic E-state index is 9.03. The van der Waals surface area contributed by atoms with Crippen LogP contribution in [0.4, 0.5) is 0 Å². The van der Waals surface area contributed by atoms with Crippen molar-refractivity contribution >= 4 is 15.9 Å². The van der Waals surface area contributed by atoms with E-state index in [1.54, 1.807) is 4.68 Å². The van der Waals surface area contributed by atoms with Crippen molar-refractivity contribution in [2.24, 2.45) is 0 Å². The second kappa shape index (κ2) is 3.97. The number of aromatic nitrogens is 3. The molecule has 0 spiro atoms. The fraction of sp³-hybridized carbons (Fsp3) is 0.250. The third-order valence-corrected chi connectivity index (χ3v) is 3.32. The Morgan fingerprint density at radius 1 is 1.41 bits per heavy atom. The van der Waals surface area contributed by atoms with Crippen LogP contribution in [0.2, 0.25) is 0 Å². The van der Waals surface area contributed by atoms with E-state index < -0.39 is 0 Å². The lowest BCUT2D eigenvalue weighted by molar-refractivity contribution is 0.763. The Bertz CT molecular complexity index is 607. The molecule has 1 saturated carbocycles. The van der Waals surface area contributed by atoms with Gasteiger partial charge in [-0.05, 0) is 31.0 Å². The van der Waals surface area contributed by atoms with Gasteiger partial charge in [-0.3, -0.25) is 0 Å². The van der Waals surface area contributed by atoms with E-state index >= 15 is 0 Å². The highest BCUT2D eigenvalue weighted by atomic mass is 79.9. The van der Waals surface area contributed by atoms with E-state index in [9.17, 15) is 0 Å². The van der Waals surface area contributed by atoms with Crippen molar-refractivity contribution in [3.8, 4) is 11.8 Å². The van der Waals surface area contributed by atoms with Crippen LogP contribution in [0.3, 0.4) is 0 Å². The molecule has 1 heterocycles. The molecule has 0 atom stereocenters. The van der Waals surface area contributed by atoms with Crippen LogP contribution in [0, 0.1) is 11.3 Å². The van der Waals surface area contributed by atoms with Crippen LogP contribution in [0.25, 0.3) is 5.69 Å². The maximum Gasteiger partial charge on any atom is 0.186 e. The number of halogens is 1. The molecule has 1 aliphatic rings. The monoisotopic (exact) mass is 288 g/mol. The number of benzene rings is 1. The summed E-state index contributed by atoms with van der Waals surface area (Å²) in [5, 5.41) is 17.1. The van der Waals surface area contributed by atoms with Crippen molar-refractivity contribution in [1.82, 2.24) is 15.0 Å². The second-order valence-electron chi connectivity index (χ2n) is 4.10. The van der Waals surface area contributed by atoms with Crippen molar-refractivity contribution in [2.45, 2.75) is 18.8 Å². The Morgan fingerprint density at radius 3 is 2.88 bits per heavy atom. The van der Waals surface area contributed by atoms with Gasteiger partial charge in [0.1, 0.15) is 6.07 Å². The lowest BCUT2D eigenvalue weighted by Crippen LogP contribution is -2.01. The average molecular weight is 289 g/mol. The normalized spacial score (nSPS) is 14.6. The van der Waals surface area contributed by atoms with Gasteiger partial charge in [-0.2, -0.15) is 5.26 Å². The third kappa shape index (κ3) is 1.85. The quantitative estimate of drug-likeness (QED) is 0.854. The molecular formula is C12H9BrN4. The summed E-state index contributed by atoms with van der Waals surface area (Å²) in [7, 11) is 0. The van der Waals surface area contributed by atoms with Gasteiger partial charge in [-0.15, -0.1) is 5.10 Å². The van der Waals surface area contributed by atoms with E-state index in [4.69, 9.17) is 5.26 Å². The molecular weight excluding hydrogens is 280 g/mol. The van der Waals surface area contributed by atoms with Crippen LogP contribution in [0.15, 0.2) is 28.7 Å². The number of nitrogens with zero attached hydrogens (tertiary/aromatic N) is 4. The molecule has 1 aromatic carbocycles. The van der Waals surface area contributed by atoms with Crippen molar-refractivity contribution in [3.05, 3.63) is 40.1 Å². The smallest absolute Gasteiger partial charge is 0.186 e. The van der Waals surface area contributed by atoms with Crippen LogP contribution >= 0.6 is 15.9 Å². The minimum atomic E-state index is 0.443. The van der Waals surface area contributed by atoms with Gasteiger partial charge in [0.2, 0.25) is 0 Å². The second-order valence-corrected chi connectivity index (χ2v) is 5.02. The molecule has 1 fully saturated rings. The Labute approximate surface area is 107 Å². The molecule has 0 aliphatic heterocycles. The summed E-state index contributed by atoms with van der Waals surface area (Å²) in [5.74, 6) is 0.443. The van der Waals surface area contributed by atoms with Crippen molar-refractivity contribution < 1.29 is 0 Å². The first kappa shape index (κ1) is 10.5. The van der Waals surface area contributed by atoms with Gasteiger partial charge in [-0.25, -0.2) is 4.68 Å². The zero-order valence-corrected chi connectivity index (χ0v) is 10.6. The Balaban J connectivity index is 2.15. The van der Waals surface area contributed by atoms with Crippen LogP contribution in [-0.2, 0) is 0 Å². The first-order chi connectivity index (χ1) is 8.29. The molecule has 4 nitrogen and oxygen atoms in total. The molecule has 17 heavy (non-hydrogen) atoms. The lowest BCUT2D eigenvalue weighted by Gasteiger charge is -2.05. The highest BCUT2D eigenvalue weighted by molar-refractivity contribution is 9.10. The van der Waals surface area contributed by atoms with Gasteiger partial charge in [0.05, 0.1) is 11.4 Å². The molecule has 2 aromatic rings. The highest BCUT2D eigenvalue weighted by Gasteiger charge is 2.31. The van der Waals surface area contributed by atoms with Gasteiger partial charge >= 0.3 is 0 Å². The summed E-state index contributed by atoms with van der Waals surface area (Å²) in [5.41, 5.74) is 2.34. The van der Waals surface area contributed by atoms with Gasteiger partial charge < -0.3 is 0 Å². The highest BCUT2D eigenvalue weighted by Crippen LogP contribution is 2.41. The van der Waals surface area contributed by atoms with E-state index in [1.165, 1.54) is 0 Å². The number of nitriles is 1. The fourth-order valence-corrected chi connectivity index (χ4v) is 2.28. The summed E-state index contributed by atoms with van der Waals surface area (Å²) in [6.07, 6.45) is 2.24. The molecule has 84 valence electrons. The Hall–Kier alpha value is -1.67. The van der Waals surface area contributed by atoms with Crippen LogP contribution in [-0.4, -0.2) is 15.0 Å². The number of rotatable bonds is 2. The van der Waals surface area contributed by atoms with Gasteiger partial charge in [0, 0.05) is 10.4 Å². The average Bonchev–Trinajstić information content (AvgIpc) is 3.08. The van der Waals surface area contributed by atoms with E-state index in [0.29, 0.717) is 11.6 Å². The van der Waals surface area contributed by atoms with Crippen LogP contribution in [0.1, 0.15) is 30.1 Å². The van der Waals surface area contributed by atoms with Crippen LogP contribution in [0.5, 0.6) is 0 Å². The van der Waals surface area contributed by atoms with Crippen molar-refractivity contribution in [3.63, 3.8) is 0 Å². The minimum absolute atomic E-state index is 0.443. The zero-order valence-electron chi connectivity index (χ0n) is 8.97. The zero-order chi connectivity index (χ0) is 11.8. The fourth-order valence-electron chi connectivity index (χ4n) is 1.89. The third-order valence-electron chi connectivity index (χ3n) is 2.83. The van der Waals surface area contributed by atoms with Gasteiger partial charge in [0.15, 0.2) is 5.69 Å². The molecule has 0 unspecified atom stereocenters. The number of hydrogen-bond acceptors (Lipinski definition) is 3. The molecule has 0 N–H and O–H groups in total. The summed E-state index contributed by atoms with van der Waals surface area (Å²) in [6.45, 7) is 0. The summed E-state index contributed by atoms with van der Waals surface area (Å²) < 4.78 is 2.77.